The van der Waals surface area contributed by atoms with E-state index in [0.717, 1.165) is 42.4 Å². The molecule has 0 radical (unpaired) electrons. The summed E-state index contributed by atoms with van der Waals surface area (Å²) in [6, 6.07) is 20.1. The van der Waals surface area contributed by atoms with Crippen LogP contribution in [0, 0.1) is 0 Å². The van der Waals surface area contributed by atoms with Crippen LogP contribution in [0.2, 0.25) is 0 Å². The zero-order valence-corrected chi connectivity index (χ0v) is 19.0. The first-order valence-electron chi connectivity index (χ1n) is 11.0. The largest absolute Gasteiger partial charge is 0.497 e. The molecule has 3 aromatic rings. The molecule has 1 saturated carbocycles. The molecule has 10 heteroatoms. The molecule has 186 valence electrons. The molecule has 1 aliphatic rings. The summed E-state index contributed by atoms with van der Waals surface area (Å²) < 4.78 is 36.9. The number of para-hydroxylation sites is 1. The van der Waals surface area contributed by atoms with Gasteiger partial charge in [-0.1, -0.05) is 24.3 Å². The van der Waals surface area contributed by atoms with Crippen molar-refractivity contribution in [3.05, 3.63) is 66.2 Å². The van der Waals surface area contributed by atoms with Gasteiger partial charge in [0.25, 0.3) is 5.91 Å². The second-order valence-corrected chi connectivity index (χ2v) is 8.09. The Morgan fingerprint density at radius 2 is 1.63 bits per heavy atom. The van der Waals surface area contributed by atoms with E-state index in [1.54, 1.807) is 13.2 Å². The number of aromatic nitrogens is 1. The summed E-state index contributed by atoms with van der Waals surface area (Å²) in [5.74, 6) is -1.18. The van der Waals surface area contributed by atoms with Crippen molar-refractivity contribution in [2.24, 2.45) is 0 Å². The number of hydrogen-bond acceptors (Lipinski definition) is 5. The molecule has 1 amide bonds. The van der Waals surface area contributed by atoms with Crippen molar-refractivity contribution in [1.82, 2.24) is 10.3 Å². The number of carboxylic acid groups (broad SMARTS) is 1. The van der Waals surface area contributed by atoms with Gasteiger partial charge in [0.2, 0.25) is 0 Å². The van der Waals surface area contributed by atoms with Gasteiger partial charge in [0.05, 0.1) is 12.6 Å². The second-order valence-electron chi connectivity index (χ2n) is 8.09. The lowest BCUT2D eigenvalue weighted by molar-refractivity contribution is -0.192. The van der Waals surface area contributed by atoms with Gasteiger partial charge in [-0.15, -0.1) is 0 Å². The Bertz CT molecular complexity index is 1160. The lowest BCUT2D eigenvalue weighted by atomic mass is 9.91. The third-order valence-electron chi connectivity index (χ3n) is 5.59. The number of nitrogens with one attached hydrogen (secondary N) is 2. The molecular formula is C25H26F3N3O4. The van der Waals surface area contributed by atoms with Crippen molar-refractivity contribution in [1.29, 1.82) is 0 Å². The number of halogens is 3. The fourth-order valence-corrected chi connectivity index (χ4v) is 3.77. The Labute approximate surface area is 200 Å². The van der Waals surface area contributed by atoms with Crippen molar-refractivity contribution in [2.45, 2.75) is 43.9 Å². The van der Waals surface area contributed by atoms with Gasteiger partial charge >= 0.3 is 12.1 Å². The first-order valence-corrected chi connectivity index (χ1v) is 11.0. The minimum Gasteiger partial charge on any atom is -0.497 e. The minimum atomic E-state index is -5.08. The number of pyridine rings is 1. The fraction of sp³-hybridized carbons (Fsp3) is 0.320. The van der Waals surface area contributed by atoms with E-state index < -0.39 is 12.1 Å². The van der Waals surface area contributed by atoms with Crippen molar-refractivity contribution in [2.75, 3.05) is 12.4 Å². The number of amides is 1. The van der Waals surface area contributed by atoms with E-state index in [9.17, 15) is 18.0 Å². The van der Waals surface area contributed by atoms with Crippen molar-refractivity contribution in [3.63, 3.8) is 0 Å². The number of rotatable bonds is 5. The first-order chi connectivity index (χ1) is 16.7. The van der Waals surface area contributed by atoms with E-state index in [4.69, 9.17) is 19.6 Å². The number of hydrogen-bond donors (Lipinski definition) is 3. The number of carboxylic acids is 1. The van der Waals surface area contributed by atoms with Crippen LogP contribution in [0.1, 0.15) is 36.0 Å². The van der Waals surface area contributed by atoms with E-state index in [0.29, 0.717) is 17.4 Å². The van der Waals surface area contributed by atoms with Crippen molar-refractivity contribution >= 4 is 28.6 Å². The average Bonchev–Trinajstić information content (AvgIpc) is 2.85. The standard InChI is InChI=1S/C23H25N3O2.C2HF3O2/c1-28-20-7-4-6-17(15-20)23(27)25-19-12-10-18(11-13-19)24-22-14-9-16-5-2-3-8-21(16)26-22;3-2(4,5)1(6)7/h2-9,14-15,18-19H,10-13H2,1H3,(H,24,26)(H,25,27);(H,6,7)/t18-,19+;. The lowest BCUT2D eigenvalue weighted by Crippen LogP contribution is -2.40. The van der Waals surface area contributed by atoms with E-state index in [2.05, 4.69) is 22.8 Å². The molecule has 0 unspecified atom stereocenters. The highest BCUT2D eigenvalue weighted by Crippen LogP contribution is 2.23. The van der Waals surface area contributed by atoms with Crippen LogP contribution in [0.25, 0.3) is 10.9 Å². The molecule has 1 aliphatic carbocycles. The quantitative estimate of drug-likeness (QED) is 0.465. The number of anilines is 1. The highest BCUT2D eigenvalue weighted by molar-refractivity contribution is 5.94. The number of aliphatic carboxylic acids is 1. The van der Waals surface area contributed by atoms with E-state index in [-0.39, 0.29) is 11.9 Å². The SMILES string of the molecule is COc1cccc(C(=O)N[C@H]2CC[C@@H](Nc3ccc4ccccc4n3)CC2)c1.O=C(O)C(F)(F)F. The normalized spacial score (nSPS) is 17.6. The van der Waals surface area contributed by atoms with Crippen molar-refractivity contribution < 1.29 is 32.6 Å². The van der Waals surface area contributed by atoms with Crippen molar-refractivity contribution in [3.8, 4) is 5.75 Å². The zero-order valence-electron chi connectivity index (χ0n) is 19.0. The number of carbonyl (C=O) groups excluding carboxylic acids is 1. The van der Waals surface area contributed by atoms with Crippen LogP contribution in [0.3, 0.4) is 0 Å². The first kappa shape index (κ1) is 25.8. The smallest absolute Gasteiger partial charge is 0.490 e. The maximum atomic E-state index is 12.5. The Morgan fingerprint density at radius 1 is 0.971 bits per heavy atom. The van der Waals surface area contributed by atoms with E-state index in [1.165, 1.54) is 0 Å². The summed E-state index contributed by atoms with van der Waals surface area (Å²) in [6.07, 6.45) is -1.14. The third kappa shape index (κ3) is 7.59. The molecule has 0 atom stereocenters. The molecule has 7 nitrogen and oxygen atoms in total. The Hall–Kier alpha value is -3.82. The van der Waals surface area contributed by atoms with Crippen LogP contribution in [0.15, 0.2) is 60.7 Å². The van der Waals surface area contributed by atoms with E-state index >= 15 is 0 Å². The summed E-state index contributed by atoms with van der Waals surface area (Å²) in [5, 5.41) is 15.0. The molecule has 0 saturated heterocycles. The molecule has 1 aromatic heterocycles. The van der Waals surface area contributed by atoms with Gasteiger partial charge in [-0.05, 0) is 62.1 Å². The van der Waals surface area contributed by atoms with Gasteiger partial charge in [-0.2, -0.15) is 13.2 Å². The highest BCUT2D eigenvalue weighted by atomic mass is 19.4. The zero-order chi connectivity index (χ0) is 25.4. The number of nitrogens with zero attached hydrogens (tertiary/aromatic N) is 1. The predicted octanol–water partition coefficient (Wildman–Crippen LogP) is 5.03. The number of fused-ring (bicyclic) bond motifs is 1. The number of benzene rings is 2. The summed E-state index contributed by atoms with van der Waals surface area (Å²) in [5.41, 5.74) is 1.65. The number of methoxy groups -OCH3 is 1. The fourth-order valence-electron chi connectivity index (χ4n) is 3.77. The Morgan fingerprint density at radius 3 is 2.29 bits per heavy atom. The van der Waals surface area contributed by atoms with Crippen LogP contribution < -0.4 is 15.4 Å². The summed E-state index contributed by atoms with van der Waals surface area (Å²) in [4.78, 5) is 26.1. The second kappa shape index (κ2) is 11.5. The maximum Gasteiger partial charge on any atom is 0.490 e. The molecule has 0 bridgehead atoms. The molecule has 2 aromatic carbocycles. The van der Waals surface area contributed by atoms with Crippen LogP contribution in [-0.4, -0.2) is 47.3 Å². The van der Waals surface area contributed by atoms with Crippen LogP contribution >= 0.6 is 0 Å². The average molecular weight is 489 g/mol. The monoisotopic (exact) mass is 489 g/mol. The lowest BCUT2D eigenvalue weighted by Gasteiger charge is -2.30. The molecule has 4 rings (SSSR count). The summed E-state index contributed by atoms with van der Waals surface area (Å²) in [6.45, 7) is 0. The number of ether oxygens (including phenoxy) is 1. The van der Waals surface area contributed by atoms with Gasteiger partial charge < -0.3 is 20.5 Å². The molecule has 3 N–H and O–H groups in total. The molecule has 0 spiro atoms. The van der Waals surface area contributed by atoms with Crippen LogP contribution in [0.5, 0.6) is 5.75 Å². The van der Waals surface area contributed by atoms with Gasteiger partial charge in [0.15, 0.2) is 0 Å². The molecule has 0 aliphatic heterocycles. The molecule has 1 fully saturated rings. The Balaban J connectivity index is 0.000000429. The van der Waals surface area contributed by atoms with Gasteiger partial charge in [-0.3, -0.25) is 4.79 Å². The summed E-state index contributed by atoms with van der Waals surface area (Å²) in [7, 11) is 1.61. The minimum absolute atomic E-state index is 0.0356. The molecule has 35 heavy (non-hydrogen) atoms. The third-order valence-corrected chi connectivity index (χ3v) is 5.59. The summed E-state index contributed by atoms with van der Waals surface area (Å²) >= 11 is 0. The number of alkyl halides is 3. The van der Waals surface area contributed by atoms with E-state index in [1.807, 2.05) is 42.5 Å². The Kier molecular flexibility index (Phi) is 8.51. The molecule has 1 heterocycles. The van der Waals surface area contributed by atoms with Gasteiger partial charge in [0, 0.05) is 23.0 Å². The maximum absolute atomic E-state index is 12.5. The van der Waals surface area contributed by atoms with Gasteiger partial charge in [-0.25, -0.2) is 9.78 Å². The molecular weight excluding hydrogens is 463 g/mol. The van der Waals surface area contributed by atoms with Crippen LogP contribution in [-0.2, 0) is 4.79 Å². The topological polar surface area (TPSA) is 101 Å². The predicted molar refractivity (Wildman–Crippen MR) is 126 cm³/mol. The van der Waals surface area contributed by atoms with Gasteiger partial charge in [0.1, 0.15) is 11.6 Å². The highest BCUT2D eigenvalue weighted by Gasteiger charge is 2.38. The van der Waals surface area contributed by atoms with Crippen LogP contribution in [0.4, 0.5) is 19.0 Å². The number of carbonyl (C=O) groups is 2.